The van der Waals surface area contributed by atoms with Gasteiger partial charge in [0.2, 0.25) is 0 Å². The smallest absolute Gasteiger partial charge is 0.0922 e. The second kappa shape index (κ2) is 4.81. The minimum atomic E-state index is -0.576. The lowest BCUT2D eigenvalue weighted by molar-refractivity contribution is 0.00882. The fourth-order valence-electron chi connectivity index (χ4n) is 2.73. The van der Waals surface area contributed by atoms with Gasteiger partial charge in [0, 0.05) is 0 Å². The van der Waals surface area contributed by atoms with Gasteiger partial charge >= 0.3 is 0 Å². The predicted molar refractivity (Wildman–Crippen MR) is 71.9 cm³/mol. The molecule has 1 unspecified atom stereocenters. The van der Waals surface area contributed by atoms with Crippen LogP contribution >= 0.6 is 0 Å². The van der Waals surface area contributed by atoms with E-state index in [-0.39, 0.29) is 0 Å². The van der Waals surface area contributed by atoms with E-state index in [1.54, 1.807) is 0 Å². The van der Waals surface area contributed by atoms with Gasteiger partial charge in [0.15, 0.2) is 0 Å². The molecule has 0 heterocycles. The monoisotopic (exact) mass is 232 g/mol. The number of hydrogen-bond donors (Lipinski definition) is 1. The van der Waals surface area contributed by atoms with Gasteiger partial charge in [0.05, 0.1) is 5.60 Å². The van der Waals surface area contributed by atoms with E-state index in [1.807, 2.05) is 0 Å². The van der Waals surface area contributed by atoms with E-state index in [4.69, 9.17) is 0 Å². The SMILES string of the molecule is CCC(O)(c1cccc(CC(C)C)c1)C1CC1. The molecular formula is C16H24O. The summed E-state index contributed by atoms with van der Waals surface area (Å²) < 4.78 is 0. The van der Waals surface area contributed by atoms with Crippen LogP contribution in [0.3, 0.4) is 0 Å². The van der Waals surface area contributed by atoms with Crippen LogP contribution in [-0.2, 0) is 12.0 Å². The molecule has 0 saturated heterocycles. The lowest BCUT2D eigenvalue weighted by Gasteiger charge is -2.28. The zero-order chi connectivity index (χ0) is 12.5. The first-order chi connectivity index (χ1) is 8.06. The highest BCUT2D eigenvalue weighted by molar-refractivity contribution is 5.30. The van der Waals surface area contributed by atoms with Crippen molar-refractivity contribution in [1.29, 1.82) is 0 Å². The average molecular weight is 232 g/mol. The summed E-state index contributed by atoms with van der Waals surface area (Å²) in [6.07, 6.45) is 4.28. The third kappa shape index (κ3) is 2.71. The molecule has 1 N–H and O–H groups in total. The van der Waals surface area contributed by atoms with Crippen LogP contribution < -0.4 is 0 Å². The normalized spacial score (nSPS) is 19.4. The molecule has 94 valence electrons. The van der Waals surface area contributed by atoms with Crippen LogP contribution in [-0.4, -0.2) is 5.11 Å². The van der Waals surface area contributed by atoms with Crippen molar-refractivity contribution >= 4 is 0 Å². The van der Waals surface area contributed by atoms with Gasteiger partial charge in [0.25, 0.3) is 0 Å². The van der Waals surface area contributed by atoms with Crippen molar-refractivity contribution in [1.82, 2.24) is 0 Å². The van der Waals surface area contributed by atoms with Crippen molar-refractivity contribution in [2.45, 2.75) is 52.1 Å². The molecule has 1 aromatic rings. The Morgan fingerprint density at radius 3 is 2.59 bits per heavy atom. The quantitative estimate of drug-likeness (QED) is 0.816. The molecule has 1 aliphatic carbocycles. The van der Waals surface area contributed by atoms with Crippen molar-refractivity contribution < 1.29 is 5.11 Å². The Balaban J connectivity index is 2.25. The van der Waals surface area contributed by atoms with Crippen molar-refractivity contribution in [3.8, 4) is 0 Å². The molecule has 1 aromatic carbocycles. The predicted octanol–water partition coefficient (Wildman–Crippen LogP) is 3.89. The van der Waals surface area contributed by atoms with E-state index in [9.17, 15) is 5.11 Å². The standard InChI is InChI=1S/C16H24O/c1-4-16(17,14-8-9-14)15-7-5-6-13(11-15)10-12(2)3/h5-7,11-12,14,17H,4,8-10H2,1-3H3. The Hall–Kier alpha value is -0.820. The minimum absolute atomic E-state index is 0.488. The number of benzene rings is 1. The van der Waals surface area contributed by atoms with Crippen molar-refractivity contribution in [3.05, 3.63) is 35.4 Å². The van der Waals surface area contributed by atoms with Gasteiger partial charge in [-0.15, -0.1) is 0 Å². The Kier molecular flexibility index (Phi) is 3.58. The number of aliphatic hydroxyl groups is 1. The van der Waals surface area contributed by atoms with Crippen molar-refractivity contribution in [2.24, 2.45) is 11.8 Å². The first kappa shape index (κ1) is 12.6. The van der Waals surface area contributed by atoms with Crippen LogP contribution in [0.15, 0.2) is 24.3 Å². The molecule has 1 heteroatoms. The molecular weight excluding hydrogens is 208 g/mol. The summed E-state index contributed by atoms with van der Waals surface area (Å²) >= 11 is 0. The molecule has 0 radical (unpaired) electrons. The van der Waals surface area contributed by atoms with E-state index in [2.05, 4.69) is 45.0 Å². The maximum atomic E-state index is 10.8. The van der Waals surface area contributed by atoms with Gasteiger partial charge in [-0.1, -0.05) is 45.0 Å². The fraction of sp³-hybridized carbons (Fsp3) is 0.625. The molecule has 1 atom stereocenters. The molecule has 0 bridgehead atoms. The van der Waals surface area contributed by atoms with Crippen LogP contribution in [0.4, 0.5) is 0 Å². The van der Waals surface area contributed by atoms with Gasteiger partial charge in [-0.05, 0) is 48.6 Å². The Labute approximate surface area is 105 Å². The highest BCUT2D eigenvalue weighted by Crippen LogP contribution is 2.47. The van der Waals surface area contributed by atoms with Crippen molar-refractivity contribution in [3.63, 3.8) is 0 Å². The van der Waals surface area contributed by atoms with E-state index < -0.39 is 5.60 Å². The van der Waals surface area contributed by atoms with Crippen LogP contribution in [0.25, 0.3) is 0 Å². The Morgan fingerprint density at radius 2 is 2.06 bits per heavy atom. The van der Waals surface area contributed by atoms with E-state index in [1.165, 1.54) is 18.4 Å². The summed E-state index contributed by atoms with van der Waals surface area (Å²) in [5.41, 5.74) is 1.90. The summed E-state index contributed by atoms with van der Waals surface area (Å²) in [6.45, 7) is 6.56. The van der Waals surface area contributed by atoms with Gasteiger partial charge in [-0.3, -0.25) is 0 Å². The highest BCUT2D eigenvalue weighted by atomic mass is 16.3. The second-order valence-electron chi connectivity index (χ2n) is 5.85. The van der Waals surface area contributed by atoms with Gasteiger partial charge < -0.3 is 5.11 Å². The maximum Gasteiger partial charge on any atom is 0.0922 e. The van der Waals surface area contributed by atoms with E-state index in [0.717, 1.165) is 18.4 Å². The van der Waals surface area contributed by atoms with Gasteiger partial charge in [0.1, 0.15) is 0 Å². The largest absolute Gasteiger partial charge is 0.385 e. The molecule has 0 spiro atoms. The zero-order valence-electron chi connectivity index (χ0n) is 11.2. The first-order valence-electron chi connectivity index (χ1n) is 6.88. The molecule has 1 saturated carbocycles. The maximum absolute atomic E-state index is 10.8. The summed E-state index contributed by atoms with van der Waals surface area (Å²) in [4.78, 5) is 0. The lowest BCUT2D eigenvalue weighted by Crippen LogP contribution is -2.27. The van der Waals surface area contributed by atoms with Gasteiger partial charge in [-0.25, -0.2) is 0 Å². The Bertz CT molecular complexity index is 379. The van der Waals surface area contributed by atoms with Crippen LogP contribution in [0.5, 0.6) is 0 Å². The lowest BCUT2D eigenvalue weighted by atomic mass is 9.85. The zero-order valence-corrected chi connectivity index (χ0v) is 11.2. The molecule has 1 fully saturated rings. The summed E-state index contributed by atoms with van der Waals surface area (Å²) in [7, 11) is 0. The third-order valence-corrected chi connectivity index (χ3v) is 3.86. The van der Waals surface area contributed by atoms with Crippen LogP contribution in [0.1, 0.15) is 51.2 Å². The van der Waals surface area contributed by atoms with Crippen LogP contribution in [0, 0.1) is 11.8 Å². The molecule has 17 heavy (non-hydrogen) atoms. The summed E-state index contributed by atoms with van der Waals surface area (Å²) in [5, 5.41) is 10.8. The molecule has 1 aliphatic rings. The van der Waals surface area contributed by atoms with Gasteiger partial charge in [-0.2, -0.15) is 0 Å². The first-order valence-corrected chi connectivity index (χ1v) is 6.88. The van der Waals surface area contributed by atoms with Crippen molar-refractivity contribution in [2.75, 3.05) is 0 Å². The molecule has 0 aliphatic heterocycles. The number of hydrogen-bond acceptors (Lipinski definition) is 1. The van der Waals surface area contributed by atoms with E-state index >= 15 is 0 Å². The Morgan fingerprint density at radius 1 is 1.35 bits per heavy atom. The molecule has 0 aromatic heterocycles. The van der Waals surface area contributed by atoms with Crippen LogP contribution in [0.2, 0.25) is 0 Å². The molecule has 0 amide bonds. The number of rotatable bonds is 5. The fourth-order valence-corrected chi connectivity index (χ4v) is 2.73. The molecule has 1 nitrogen and oxygen atoms in total. The average Bonchev–Trinajstić information content (AvgIpc) is 3.11. The molecule has 2 rings (SSSR count). The third-order valence-electron chi connectivity index (χ3n) is 3.86. The summed E-state index contributed by atoms with van der Waals surface area (Å²) in [5.74, 6) is 1.16. The highest BCUT2D eigenvalue weighted by Gasteiger charge is 2.43. The minimum Gasteiger partial charge on any atom is -0.385 e. The van der Waals surface area contributed by atoms with E-state index in [0.29, 0.717) is 11.8 Å². The topological polar surface area (TPSA) is 20.2 Å². The summed E-state index contributed by atoms with van der Waals surface area (Å²) in [6, 6.07) is 8.57. The second-order valence-corrected chi connectivity index (χ2v) is 5.85.